The van der Waals surface area contributed by atoms with Gasteiger partial charge in [-0.3, -0.25) is 19.1 Å². The zero-order valence-corrected chi connectivity index (χ0v) is 33.8. The maximum absolute atomic E-state index is 12.9. The van der Waals surface area contributed by atoms with Crippen LogP contribution in [0, 0.1) is 20.8 Å². The first-order valence-corrected chi connectivity index (χ1v) is 20.1. The Bertz CT molecular complexity index is 2110. The number of nitrogens with zero attached hydrogens (tertiary/aromatic N) is 6. The summed E-state index contributed by atoms with van der Waals surface area (Å²) in [7, 11) is 0. The van der Waals surface area contributed by atoms with Gasteiger partial charge in [0.25, 0.3) is 11.8 Å². The van der Waals surface area contributed by atoms with Gasteiger partial charge < -0.3 is 19.1 Å². The van der Waals surface area contributed by atoms with E-state index in [1.165, 1.54) is 16.0 Å². The van der Waals surface area contributed by atoms with Crippen LogP contribution in [0.15, 0.2) is 53.5 Å². The molecule has 1 atom stereocenters. The van der Waals surface area contributed by atoms with Crippen molar-refractivity contribution in [3.63, 3.8) is 0 Å². The zero-order chi connectivity index (χ0) is 39.6. The second-order valence-corrected chi connectivity index (χ2v) is 16.8. The number of piperidine rings is 1. The number of aromatic nitrogens is 3. The molecule has 0 spiro atoms. The van der Waals surface area contributed by atoms with Crippen LogP contribution in [-0.4, -0.2) is 93.1 Å². The molecule has 14 heteroatoms. The third kappa shape index (κ3) is 8.78. The summed E-state index contributed by atoms with van der Waals surface area (Å²) < 4.78 is 19.7. The van der Waals surface area contributed by atoms with E-state index in [9.17, 15) is 14.4 Å². The summed E-state index contributed by atoms with van der Waals surface area (Å²) in [5.74, 6) is 0.561. The molecule has 0 N–H and O–H groups in total. The van der Waals surface area contributed by atoms with E-state index in [1.54, 1.807) is 34.4 Å². The average Bonchev–Trinajstić information content (AvgIpc) is 3.62. The first kappa shape index (κ1) is 39.5. The van der Waals surface area contributed by atoms with E-state index in [0.717, 1.165) is 69.8 Å². The summed E-state index contributed by atoms with van der Waals surface area (Å²) in [6.45, 7) is 13.8. The number of hydroxylamine groups is 2. The zero-order valence-electron chi connectivity index (χ0n) is 33.0. The molecule has 0 aliphatic carbocycles. The van der Waals surface area contributed by atoms with Gasteiger partial charge in [0.1, 0.15) is 22.5 Å². The van der Waals surface area contributed by atoms with Gasteiger partial charge in [-0.25, -0.2) is 9.63 Å². The maximum Gasteiger partial charge on any atom is 0.410 e. The van der Waals surface area contributed by atoms with Crippen molar-refractivity contribution < 1.29 is 33.4 Å². The fraction of sp³-hybridized carbons (Fsp3) is 0.476. The van der Waals surface area contributed by atoms with Crippen molar-refractivity contribution in [3.05, 3.63) is 98.4 Å². The van der Waals surface area contributed by atoms with Crippen LogP contribution in [0.1, 0.15) is 107 Å². The molecule has 1 fully saturated rings. The smallest absolute Gasteiger partial charge is 0.410 e. The lowest BCUT2D eigenvalue weighted by atomic mass is 9.98. The molecule has 296 valence electrons. The Hall–Kier alpha value is -4.76. The predicted octanol–water partition coefficient (Wildman–Crippen LogP) is 7.02. The monoisotopic (exact) mass is 782 g/mol. The van der Waals surface area contributed by atoms with Crippen molar-refractivity contribution in [1.29, 1.82) is 0 Å². The number of carbonyl (C=O) groups excluding carboxylic acids is 3. The Morgan fingerprint density at radius 1 is 0.964 bits per heavy atom. The highest BCUT2D eigenvalue weighted by atomic mass is 32.1. The minimum absolute atomic E-state index is 0.0753. The van der Waals surface area contributed by atoms with Crippen molar-refractivity contribution in [2.24, 2.45) is 4.99 Å². The average molecular weight is 783 g/mol. The maximum atomic E-state index is 12.9. The van der Waals surface area contributed by atoms with Gasteiger partial charge >= 0.3 is 6.09 Å². The van der Waals surface area contributed by atoms with Crippen LogP contribution >= 0.6 is 11.3 Å². The second-order valence-electron chi connectivity index (χ2n) is 15.6. The number of aliphatic imine (C=N–C) groups is 1. The van der Waals surface area contributed by atoms with Crippen LogP contribution in [0.3, 0.4) is 0 Å². The van der Waals surface area contributed by atoms with Crippen LogP contribution in [0.4, 0.5) is 4.79 Å². The van der Waals surface area contributed by atoms with Gasteiger partial charge in [0.2, 0.25) is 0 Å². The minimum atomic E-state index is -0.510. The quantitative estimate of drug-likeness (QED) is 0.0844. The first-order chi connectivity index (χ1) is 26.9. The number of hydrogen-bond acceptors (Lipinski definition) is 11. The standard InChI is InChI=1S/C42H50N6O7S/c1-26-27(2)56-40-36(26)37(31-14-12-29(13-15-31)10-8-21-53-33-16-19-46(20-17-33)41(51)55-42(4,5)6)43-34(38-45-44-28(3)47(38)40)18-22-52-25-54-48-35(49)24-30-9-7-11-32(23-30)39(48)50/h7,9,11-15,23,33-34H,8,10,16-22,24-25H2,1-6H3/t34-/m0/s1. The number of carbonyl (C=O) groups is 3. The summed E-state index contributed by atoms with van der Waals surface area (Å²) in [6.07, 6.45) is 3.84. The van der Waals surface area contributed by atoms with E-state index in [4.69, 9.17) is 24.0 Å². The number of amides is 3. The molecule has 0 saturated carbocycles. The van der Waals surface area contributed by atoms with Gasteiger partial charge in [-0.15, -0.1) is 26.6 Å². The highest BCUT2D eigenvalue weighted by Crippen LogP contribution is 2.39. The van der Waals surface area contributed by atoms with Gasteiger partial charge in [-0.05, 0) is 96.0 Å². The third-order valence-electron chi connectivity index (χ3n) is 10.3. The fourth-order valence-corrected chi connectivity index (χ4v) is 8.45. The van der Waals surface area contributed by atoms with Crippen LogP contribution in [0.2, 0.25) is 0 Å². The van der Waals surface area contributed by atoms with E-state index >= 15 is 0 Å². The molecular formula is C42H50N6O7S. The summed E-state index contributed by atoms with van der Waals surface area (Å²) in [5.41, 5.74) is 6.03. The number of aryl methyl sites for hydroxylation is 3. The fourth-order valence-electron chi connectivity index (χ4n) is 7.23. The minimum Gasteiger partial charge on any atom is -0.444 e. The number of benzene rings is 2. The van der Waals surface area contributed by atoms with E-state index in [0.29, 0.717) is 31.7 Å². The molecule has 3 aliphatic heterocycles. The number of rotatable bonds is 12. The molecule has 3 amide bonds. The van der Waals surface area contributed by atoms with Crippen LogP contribution in [0.5, 0.6) is 0 Å². The lowest BCUT2D eigenvalue weighted by Crippen LogP contribution is -2.43. The molecule has 2 bridgehead atoms. The third-order valence-corrected chi connectivity index (χ3v) is 11.5. The van der Waals surface area contributed by atoms with E-state index < -0.39 is 17.4 Å². The van der Waals surface area contributed by atoms with Crippen LogP contribution in [0.25, 0.3) is 5.00 Å². The molecule has 4 aromatic rings. The largest absolute Gasteiger partial charge is 0.444 e. The second kappa shape index (κ2) is 16.8. The van der Waals surface area contributed by atoms with Gasteiger partial charge in [-0.1, -0.05) is 36.4 Å². The summed E-state index contributed by atoms with van der Waals surface area (Å²) in [5, 5.41) is 10.9. The van der Waals surface area contributed by atoms with Gasteiger partial charge in [-0.2, -0.15) is 0 Å². The molecule has 2 aromatic carbocycles. The van der Waals surface area contributed by atoms with Gasteiger partial charge in [0, 0.05) is 47.7 Å². The molecule has 56 heavy (non-hydrogen) atoms. The summed E-state index contributed by atoms with van der Waals surface area (Å²) >= 11 is 1.71. The number of likely N-dealkylation sites (tertiary alicyclic amines) is 1. The first-order valence-electron chi connectivity index (χ1n) is 19.3. The Labute approximate surface area is 331 Å². The number of imide groups is 1. The number of thiophene rings is 1. The Kier molecular flexibility index (Phi) is 11.8. The molecule has 0 unspecified atom stereocenters. The van der Waals surface area contributed by atoms with Crippen LogP contribution < -0.4 is 0 Å². The lowest BCUT2D eigenvalue weighted by molar-refractivity contribution is -0.203. The molecule has 13 nitrogen and oxygen atoms in total. The SMILES string of the molecule is Cc1sc2c(c1C)C(c1ccc(CCCOC3CCN(C(=O)OC(C)(C)C)CC3)cc1)=N[C@@H](CCOCON1C(=O)Cc3cccc(c3)C1=O)c1nnc(C)n1-2. The Balaban J connectivity index is 0.978. The van der Waals surface area contributed by atoms with Crippen molar-refractivity contribution in [2.75, 3.05) is 33.1 Å². The molecule has 7 rings (SSSR count). The van der Waals surface area contributed by atoms with E-state index in [2.05, 4.69) is 52.9 Å². The van der Waals surface area contributed by atoms with Crippen molar-refractivity contribution in [3.8, 4) is 5.00 Å². The lowest BCUT2D eigenvalue weighted by Gasteiger charge is -2.33. The molecule has 0 radical (unpaired) electrons. The highest BCUT2D eigenvalue weighted by Gasteiger charge is 2.32. The van der Waals surface area contributed by atoms with E-state index in [-0.39, 0.29) is 38.1 Å². The predicted molar refractivity (Wildman–Crippen MR) is 211 cm³/mol. The number of hydrogen-bond donors (Lipinski definition) is 0. The molecule has 1 saturated heterocycles. The molecule has 5 heterocycles. The molecular weight excluding hydrogens is 733 g/mol. The Morgan fingerprint density at radius 3 is 2.48 bits per heavy atom. The molecule has 3 aliphatic rings. The Morgan fingerprint density at radius 2 is 1.73 bits per heavy atom. The normalized spacial score (nSPS) is 17.3. The van der Waals surface area contributed by atoms with Crippen molar-refractivity contribution >= 4 is 35.0 Å². The number of ether oxygens (including phenoxy) is 3. The molecule has 2 aromatic heterocycles. The van der Waals surface area contributed by atoms with E-state index in [1.807, 2.05) is 33.8 Å². The van der Waals surface area contributed by atoms with Crippen molar-refractivity contribution in [2.45, 2.75) is 97.8 Å². The van der Waals surface area contributed by atoms with Gasteiger partial charge in [0.15, 0.2) is 12.6 Å². The summed E-state index contributed by atoms with van der Waals surface area (Å²) in [4.78, 5) is 51.9. The topological polar surface area (TPSA) is 138 Å². The summed E-state index contributed by atoms with van der Waals surface area (Å²) in [6, 6.07) is 15.2. The van der Waals surface area contributed by atoms with Crippen LogP contribution in [-0.2, 0) is 36.7 Å². The highest BCUT2D eigenvalue weighted by molar-refractivity contribution is 7.15. The van der Waals surface area contributed by atoms with Gasteiger partial charge in [0.05, 0.1) is 24.8 Å². The van der Waals surface area contributed by atoms with Crippen molar-refractivity contribution in [1.82, 2.24) is 24.7 Å². The number of fused-ring (bicyclic) bond motifs is 5.